The van der Waals surface area contributed by atoms with E-state index in [4.69, 9.17) is 15.6 Å². The molecule has 5 N–H and O–H groups in total. The SMILES string of the molecule is NC(=NC(=O)O)C1NCCc2ccc(OCC3CCN(CC(O)c4ccccc4)CC3)cc21. The lowest BCUT2D eigenvalue weighted by atomic mass is 9.93. The highest BCUT2D eigenvalue weighted by Crippen LogP contribution is 2.28. The van der Waals surface area contributed by atoms with Crippen molar-refractivity contribution in [3.8, 4) is 5.75 Å². The van der Waals surface area contributed by atoms with Crippen molar-refractivity contribution < 1.29 is 19.7 Å². The van der Waals surface area contributed by atoms with E-state index in [0.717, 1.165) is 54.8 Å². The number of nitrogens with two attached hydrogens (primary N) is 1. The zero-order valence-corrected chi connectivity index (χ0v) is 18.7. The molecule has 0 saturated carbocycles. The normalized spacial score (nSPS) is 20.8. The smallest absolute Gasteiger partial charge is 0.432 e. The van der Waals surface area contributed by atoms with E-state index in [2.05, 4.69) is 15.2 Å². The summed E-state index contributed by atoms with van der Waals surface area (Å²) in [6, 6.07) is 15.3. The first-order valence-corrected chi connectivity index (χ1v) is 11.5. The molecule has 176 valence electrons. The lowest BCUT2D eigenvalue weighted by Gasteiger charge is -2.33. The molecular formula is C25H32N4O4. The van der Waals surface area contributed by atoms with Gasteiger partial charge in [-0.1, -0.05) is 36.4 Å². The predicted molar refractivity (Wildman–Crippen MR) is 127 cm³/mol. The highest BCUT2D eigenvalue weighted by atomic mass is 16.5. The number of piperidine rings is 1. The third-order valence-electron chi connectivity index (χ3n) is 6.50. The van der Waals surface area contributed by atoms with Crippen LogP contribution in [0.5, 0.6) is 5.75 Å². The average molecular weight is 453 g/mol. The fraction of sp³-hybridized carbons (Fsp3) is 0.440. The van der Waals surface area contributed by atoms with Gasteiger partial charge < -0.3 is 30.9 Å². The van der Waals surface area contributed by atoms with E-state index in [0.29, 0.717) is 25.6 Å². The summed E-state index contributed by atoms with van der Waals surface area (Å²) in [6.07, 6.45) is 1.13. The Morgan fingerprint density at radius 3 is 2.70 bits per heavy atom. The molecule has 1 fully saturated rings. The zero-order valence-electron chi connectivity index (χ0n) is 18.7. The maximum atomic E-state index is 10.9. The average Bonchev–Trinajstić information content (AvgIpc) is 2.83. The fourth-order valence-electron chi connectivity index (χ4n) is 4.63. The Labute approximate surface area is 194 Å². The number of hydrogen-bond acceptors (Lipinski definition) is 5. The van der Waals surface area contributed by atoms with Crippen LogP contribution in [0.4, 0.5) is 4.79 Å². The number of hydrogen-bond donors (Lipinski definition) is 4. The summed E-state index contributed by atoms with van der Waals surface area (Å²) in [5.74, 6) is 1.26. The molecule has 2 unspecified atom stereocenters. The Kier molecular flexibility index (Phi) is 7.59. The summed E-state index contributed by atoms with van der Waals surface area (Å²) in [7, 11) is 0. The number of rotatable bonds is 7. The molecule has 2 aliphatic heterocycles. The van der Waals surface area contributed by atoms with Crippen LogP contribution in [0.15, 0.2) is 53.5 Å². The minimum atomic E-state index is -1.29. The molecule has 0 radical (unpaired) electrons. The van der Waals surface area contributed by atoms with Crippen LogP contribution in [0.3, 0.4) is 0 Å². The number of carbonyl (C=O) groups is 1. The van der Waals surface area contributed by atoms with E-state index in [1.165, 1.54) is 0 Å². The van der Waals surface area contributed by atoms with Crippen molar-refractivity contribution in [1.82, 2.24) is 10.2 Å². The number of likely N-dealkylation sites (tertiary alicyclic amines) is 1. The van der Waals surface area contributed by atoms with Crippen molar-refractivity contribution in [2.24, 2.45) is 16.6 Å². The lowest BCUT2D eigenvalue weighted by molar-refractivity contribution is 0.0793. The van der Waals surface area contributed by atoms with Crippen LogP contribution in [0.2, 0.25) is 0 Å². The second-order valence-corrected chi connectivity index (χ2v) is 8.80. The van der Waals surface area contributed by atoms with Crippen LogP contribution in [-0.2, 0) is 6.42 Å². The number of amides is 1. The Morgan fingerprint density at radius 2 is 1.97 bits per heavy atom. The van der Waals surface area contributed by atoms with Crippen molar-refractivity contribution in [3.05, 3.63) is 65.2 Å². The number of benzene rings is 2. The minimum Gasteiger partial charge on any atom is -0.493 e. The van der Waals surface area contributed by atoms with Crippen LogP contribution >= 0.6 is 0 Å². The van der Waals surface area contributed by atoms with E-state index < -0.39 is 18.2 Å². The lowest BCUT2D eigenvalue weighted by Crippen LogP contribution is -2.39. The zero-order chi connectivity index (χ0) is 23.2. The first kappa shape index (κ1) is 23.2. The van der Waals surface area contributed by atoms with E-state index in [1.807, 2.05) is 48.5 Å². The van der Waals surface area contributed by atoms with Crippen LogP contribution < -0.4 is 15.8 Å². The molecule has 8 heteroatoms. The highest BCUT2D eigenvalue weighted by Gasteiger charge is 2.25. The quantitative estimate of drug-likeness (QED) is 0.377. The molecule has 1 amide bonds. The predicted octanol–water partition coefficient (Wildman–Crippen LogP) is 2.73. The van der Waals surface area contributed by atoms with Gasteiger partial charge in [-0.3, -0.25) is 0 Å². The molecule has 2 aromatic carbocycles. The van der Waals surface area contributed by atoms with Crippen molar-refractivity contribution >= 4 is 11.9 Å². The Hall–Kier alpha value is -2.94. The second-order valence-electron chi connectivity index (χ2n) is 8.80. The summed E-state index contributed by atoms with van der Waals surface area (Å²) in [5, 5.41) is 22.7. The van der Waals surface area contributed by atoms with Crippen molar-refractivity contribution in [2.45, 2.75) is 31.4 Å². The number of ether oxygens (including phenoxy) is 1. The number of nitrogens with one attached hydrogen (secondary N) is 1. The minimum absolute atomic E-state index is 0.0469. The van der Waals surface area contributed by atoms with E-state index in [1.54, 1.807) is 0 Å². The molecule has 33 heavy (non-hydrogen) atoms. The molecular weight excluding hydrogens is 420 g/mol. The van der Waals surface area contributed by atoms with Gasteiger partial charge in [-0.2, -0.15) is 4.99 Å². The number of nitrogens with zero attached hydrogens (tertiary/aromatic N) is 2. The molecule has 0 aromatic heterocycles. The molecule has 2 aliphatic rings. The summed E-state index contributed by atoms with van der Waals surface area (Å²) >= 11 is 0. The van der Waals surface area contributed by atoms with Crippen molar-refractivity contribution in [3.63, 3.8) is 0 Å². The van der Waals surface area contributed by atoms with Gasteiger partial charge in [0.25, 0.3) is 0 Å². The first-order valence-electron chi connectivity index (χ1n) is 11.5. The third kappa shape index (κ3) is 6.10. The van der Waals surface area contributed by atoms with Crippen LogP contribution in [0.25, 0.3) is 0 Å². The Bertz CT molecular complexity index is 974. The number of carboxylic acid groups (broad SMARTS) is 1. The maximum Gasteiger partial charge on any atom is 0.432 e. The van der Waals surface area contributed by atoms with Crippen molar-refractivity contribution in [2.75, 3.05) is 32.8 Å². The second kappa shape index (κ2) is 10.8. The monoisotopic (exact) mass is 452 g/mol. The Balaban J connectivity index is 1.29. The summed E-state index contributed by atoms with van der Waals surface area (Å²) < 4.78 is 6.11. The molecule has 0 aliphatic carbocycles. The molecule has 0 spiro atoms. The van der Waals surface area contributed by atoms with Crippen LogP contribution in [0, 0.1) is 5.92 Å². The summed E-state index contributed by atoms with van der Waals surface area (Å²) in [6.45, 7) is 3.87. The van der Waals surface area contributed by atoms with E-state index in [-0.39, 0.29) is 5.84 Å². The number of β-amino-alcohol motifs (C(OH)–C–C–N with tert-alkyl or cyclic N) is 1. The molecule has 2 heterocycles. The van der Waals surface area contributed by atoms with Crippen molar-refractivity contribution in [1.29, 1.82) is 0 Å². The summed E-state index contributed by atoms with van der Waals surface area (Å²) in [4.78, 5) is 16.7. The number of fused-ring (bicyclic) bond motifs is 1. The topological polar surface area (TPSA) is 120 Å². The molecule has 0 bridgehead atoms. The molecule has 8 nitrogen and oxygen atoms in total. The van der Waals surface area contributed by atoms with Gasteiger partial charge in [0.2, 0.25) is 0 Å². The standard InChI is InChI=1S/C25H32N4O4/c26-24(28-25(31)32)23-21-14-20(7-6-18(21)8-11-27-23)33-16-17-9-12-29(13-10-17)15-22(30)19-4-2-1-3-5-19/h1-7,14,17,22-23,27,30H,8-13,15-16H2,(H2,26,28)(H,31,32). The fourth-order valence-corrected chi connectivity index (χ4v) is 4.63. The van der Waals surface area contributed by atoms with E-state index >= 15 is 0 Å². The molecule has 2 aromatic rings. The maximum absolute atomic E-state index is 10.9. The third-order valence-corrected chi connectivity index (χ3v) is 6.50. The van der Waals surface area contributed by atoms with Gasteiger partial charge in [0.05, 0.1) is 18.8 Å². The van der Waals surface area contributed by atoms with Crippen LogP contribution in [0.1, 0.15) is 41.7 Å². The van der Waals surface area contributed by atoms with Gasteiger partial charge in [-0.15, -0.1) is 0 Å². The van der Waals surface area contributed by atoms with E-state index in [9.17, 15) is 9.90 Å². The number of amidine groups is 1. The number of aliphatic imine (C=N–C) groups is 1. The van der Waals surface area contributed by atoms with Gasteiger partial charge >= 0.3 is 6.09 Å². The largest absolute Gasteiger partial charge is 0.493 e. The van der Waals surface area contributed by atoms with Gasteiger partial charge in [0.15, 0.2) is 0 Å². The summed E-state index contributed by atoms with van der Waals surface area (Å²) in [5.41, 5.74) is 8.94. The van der Waals surface area contributed by atoms with Gasteiger partial charge in [-0.05, 0) is 67.1 Å². The molecule has 4 rings (SSSR count). The molecule has 1 saturated heterocycles. The number of aliphatic hydroxyl groups excluding tert-OH is 1. The van der Waals surface area contributed by atoms with Crippen LogP contribution in [-0.4, -0.2) is 59.8 Å². The highest BCUT2D eigenvalue weighted by molar-refractivity contribution is 5.94. The van der Waals surface area contributed by atoms with Gasteiger partial charge in [0, 0.05) is 13.1 Å². The number of aliphatic hydroxyl groups is 1. The Morgan fingerprint density at radius 1 is 1.21 bits per heavy atom. The van der Waals surface area contributed by atoms with Gasteiger partial charge in [-0.25, -0.2) is 4.79 Å². The first-order chi connectivity index (χ1) is 16.0. The molecule has 2 atom stereocenters. The van der Waals surface area contributed by atoms with Gasteiger partial charge in [0.1, 0.15) is 11.6 Å².